The molecule has 1 saturated heterocycles. The minimum atomic E-state index is -0.508. The van der Waals surface area contributed by atoms with Gasteiger partial charge in [-0.1, -0.05) is 25.1 Å². The lowest BCUT2D eigenvalue weighted by Gasteiger charge is -2.26. The van der Waals surface area contributed by atoms with Crippen molar-refractivity contribution in [2.45, 2.75) is 45.7 Å². The molecule has 0 spiro atoms. The summed E-state index contributed by atoms with van der Waals surface area (Å²) in [6.45, 7) is 6.29. The highest BCUT2D eigenvalue weighted by molar-refractivity contribution is 6.04. The van der Waals surface area contributed by atoms with E-state index in [-0.39, 0.29) is 11.8 Å². The lowest BCUT2D eigenvalue weighted by Crippen LogP contribution is -2.44. The first kappa shape index (κ1) is 18.5. The molecule has 28 heavy (non-hydrogen) atoms. The van der Waals surface area contributed by atoms with Crippen LogP contribution in [0.5, 0.6) is 0 Å². The van der Waals surface area contributed by atoms with Crippen LogP contribution < -0.4 is 10.2 Å². The Kier molecular flexibility index (Phi) is 4.83. The quantitative estimate of drug-likeness (QED) is 0.865. The number of hydrogen-bond acceptors (Lipinski definition) is 4. The summed E-state index contributed by atoms with van der Waals surface area (Å²) < 4.78 is 1.81. The fourth-order valence-corrected chi connectivity index (χ4v) is 4.17. The maximum absolute atomic E-state index is 13.2. The van der Waals surface area contributed by atoms with Crippen LogP contribution in [0.1, 0.15) is 47.8 Å². The molecule has 148 valence electrons. The molecule has 0 saturated carbocycles. The van der Waals surface area contributed by atoms with Gasteiger partial charge in [-0.15, -0.1) is 0 Å². The van der Waals surface area contributed by atoms with E-state index in [0.29, 0.717) is 18.5 Å². The standard InChI is InChI=1S/C21H27N5O2/c1-4-17(26-13-15-9-5-6-10-16(15)21(26)28)20(27)22-18-14(2)24(3)23-19(18)25-11-7-8-12-25/h5-6,9-10,17H,4,7-8,11-13H2,1-3H3,(H,22,27). The molecule has 1 N–H and O–H groups in total. The molecular weight excluding hydrogens is 354 g/mol. The van der Waals surface area contributed by atoms with Crippen molar-refractivity contribution in [3.63, 3.8) is 0 Å². The van der Waals surface area contributed by atoms with Gasteiger partial charge in [-0.25, -0.2) is 0 Å². The molecule has 1 atom stereocenters. The van der Waals surface area contributed by atoms with Crippen LogP contribution in [0.3, 0.4) is 0 Å². The first-order valence-corrected chi connectivity index (χ1v) is 9.99. The molecular formula is C21H27N5O2. The van der Waals surface area contributed by atoms with Crippen LogP contribution in [-0.4, -0.2) is 45.6 Å². The van der Waals surface area contributed by atoms with Gasteiger partial charge >= 0.3 is 0 Å². The highest BCUT2D eigenvalue weighted by Gasteiger charge is 2.36. The number of aromatic nitrogens is 2. The minimum Gasteiger partial charge on any atom is -0.353 e. The number of benzene rings is 1. The predicted octanol–water partition coefficient (Wildman–Crippen LogP) is 2.70. The molecule has 3 heterocycles. The molecule has 2 amide bonds. The van der Waals surface area contributed by atoms with Gasteiger partial charge in [-0.2, -0.15) is 5.10 Å². The summed E-state index contributed by atoms with van der Waals surface area (Å²) in [5.74, 6) is 0.609. The van der Waals surface area contributed by atoms with E-state index in [0.717, 1.165) is 48.7 Å². The molecule has 2 aromatic rings. The number of hydrogen-bond donors (Lipinski definition) is 1. The maximum atomic E-state index is 13.2. The van der Waals surface area contributed by atoms with E-state index < -0.39 is 6.04 Å². The zero-order chi connectivity index (χ0) is 19.8. The van der Waals surface area contributed by atoms with Crippen molar-refractivity contribution in [2.75, 3.05) is 23.3 Å². The monoisotopic (exact) mass is 381 g/mol. The van der Waals surface area contributed by atoms with Gasteiger partial charge in [0.2, 0.25) is 5.91 Å². The Hall–Kier alpha value is -2.83. The number of carbonyl (C=O) groups excluding carboxylic acids is 2. The average molecular weight is 381 g/mol. The van der Waals surface area contributed by atoms with E-state index in [1.54, 1.807) is 9.58 Å². The third-order valence-corrected chi connectivity index (χ3v) is 5.88. The third kappa shape index (κ3) is 3.04. The molecule has 1 fully saturated rings. The Labute approximate surface area is 165 Å². The molecule has 7 heteroatoms. The van der Waals surface area contributed by atoms with Crippen molar-refractivity contribution in [1.29, 1.82) is 0 Å². The van der Waals surface area contributed by atoms with Crippen molar-refractivity contribution < 1.29 is 9.59 Å². The van der Waals surface area contributed by atoms with Gasteiger partial charge in [0.25, 0.3) is 5.91 Å². The summed E-state index contributed by atoms with van der Waals surface area (Å²) in [5.41, 5.74) is 3.36. The van der Waals surface area contributed by atoms with Crippen LogP contribution in [0.15, 0.2) is 24.3 Å². The van der Waals surface area contributed by atoms with Crippen molar-refractivity contribution in [2.24, 2.45) is 7.05 Å². The molecule has 2 aliphatic rings. The second kappa shape index (κ2) is 7.30. The average Bonchev–Trinajstić information content (AvgIpc) is 3.39. The van der Waals surface area contributed by atoms with Crippen LogP contribution in [0.2, 0.25) is 0 Å². The number of nitrogens with one attached hydrogen (secondary N) is 1. The smallest absolute Gasteiger partial charge is 0.255 e. The second-order valence-corrected chi connectivity index (χ2v) is 7.61. The Morgan fingerprint density at radius 3 is 2.64 bits per heavy atom. The number of nitrogens with zero attached hydrogens (tertiary/aromatic N) is 4. The summed E-state index contributed by atoms with van der Waals surface area (Å²) >= 11 is 0. The van der Waals surface area contributed by atoms with Crippen LogP contribution in [-0.2, 0) is 18.4 Å². The summed E-state index contributed by atoms with van der Waals surface area (Å²) in [6.07, 6.45) is 2.84. The Morgan fingerprint density at radius 1 is 1.25 bits per heavy atom. The molecule has 1 aromatic heterocycles. The van der Waals surface area contributed by atoms with Crippen LogP contribution >= 0.6 is 0 Å². The highest BCUT2D eigenvalue weighted by atomic mass is 16.2. The van der Waals surface area contributed by atoms with Crippen molar-refractivity contribution in [1.82, 2.24) is 14.7 Å². The number of carbonyl (C=O) groups is 2. The number of amides is 2. The topological polar surface area (TPSA) is 70.5 Å². The molecule has 0 aliphatic carbocycles. The Balaban J connectivity index is 1.57. The molecule has 2 aliphatic heterocycles. The Morgan fingerprint density at radius 2 is 1.96 bits per heavy atom. The molecule has 0 radical (unpaired) electrons. The van der Waals surface area contributed by atoms with Gasteiger partial charge in [0.1, 0.15) is 11.7 Å². The van der Waals surface area contributed by atoms with Gasteiger partial charge in [0.05, 0.1) is 5.69 Å². The van der Waals surface area contributed by atoms with E-state index in [9.17, 15) is 9.59 Å². The normalized spacial score (nSPS) is 17.2. The number of rotatable bonds is 5. The van der Waals surface area contributed by atoms with Crippen molar-refractivity contribution in [3.8, 4) is 0 Å². The third-order valence-electron chi connectivity index (χ3n) is 5.88. The largest absolute Gasteiger partial charge is 0.353 e. The van der Waals surface area contributed by atoms with Crippen LogP contribution in [0.25, 0.3) is 0 Å². The zero-order valence-electron chi connectivity index (χ0n) is 16.7. The van der Waals surface area contributed by atoms with Crippen molar-refractivity contribution in [3.05, 3.63) is 41.1 Å². The first-order valence-electron chi connectivity index (χ1n) is 9.99. The van der Waals surface area contributed by atoms with Crippen LogP contribution in [0.4, 0.5) is 11.5 Å². The maximum Gasteiger partial charge on any atom is 0.255 e. The lowest BCUT2D eigenvalue weighted by molar-refractivity contribution is -0.120. The summed E-state index contributed by atoms with van der Waals surface area (Å²) in [6, 6.07) is 7.07. The van der Waals surface area contributed by atoms with Crippen molar-refractivity contribution >= 4 is 23.3 Å². The van der Waals surface area contributed by atoms with Crippen LogP contribution in [0, 0.1) is 6.92 Å². The van der Waals surface area contributed by atoms with Gasteiger partial charge in [-0.05, 0) is 37.8 Å². The fraction of sp³-hybridized carbons (Fsp3) is 0.476. The molecule has 1 unspecified atom stereocenters. The Bertz CT molecular complexity index is 914. The summed E-state index contributed by atoms with van der Waals surface area (Å²) in [7, 11) is 1.89. The molecule has 0 bridgehead atoms. The molecule has 1 aromatic carbocycles. The van der Waals surface area contributed by atoms with Gasteiger partial charge in [0, 0.05) is 32.2 Å². The molecule has 7 nitrogen and oxygen atoms in total. The summed E-state index contributed by atoms with van der Waals surface area (Å²) in [5, 5.41) is 7.72. The number of aryl methyl sites for hydroxylation is 1. The zero-order valence-corrected chi connectivity index (χ0v) is 16.7. The minimum absolute atomic E-state index is 0.0692. The van der Waals surface area contributed by atoms with E-state index in [2.05, 4.69) is 15.3 Å². The fourth-order valence-electron chi connectivity index (χ4n) is 4.17. The van der Waals surface area contributed by atoms with E-state index >= 15 is 0 Å². The highest BCUT2D eigenvalue weighted by Crippen LogP contribution is 2.32. The van der Waals surface area contributed by atoms with Gasteiger partial charge < -0.3 is 15.1 Å². The predicted molar refractivity (Wildman–Crippen MR) is 108 cm³/mol. The molecule has 4 rings (SSSR count). The van der Waals surface area contributed by atoms with E-state index in [1.165, 1.54) is 0 Å². The number of fused-ring (bicyclic) bond motifs is 1. The first-order chi connectivity index (χ1) is 13.5. The SMILES string of the molecule is CCC(C(=O)Nc1c(N2CCCC2)nn(C)c1C)N1Cc2ccccc2C1=O. The summed E-state index contributed by atoms with van der Waals surface area (Å²) in [4.78, 5) is 29.9. The van der Waals surface area contributed by atoms with Gasteiger partial charge in [-0.3, -0.25) is 14.3 Å². The number of anilines is 2. The van der Waals surface area contributed by atoms with Gasteiger partial charge in [0.15, 0.2) is 5.82 Å². The second-order valence-electron chi connectivity index (χ2n) is 7.61. The lowest BCUT2D eigenvalue weighted by atomic mass is 10.1. The van der Waals surface area contributed by atoms with E-state index in [4.69, 9.17) is 0 Å². The van der Waals surface area contributed by atoms with E-state index in [1.807, 2.05) is 45.2 Å².